The summed E-state index contributed by atoms with van der Waals surface area (Å²) in [4.78, 5) is 0. The van der Waals surface area contributed by atoms with Gasteiger partial charge >= 0.3 is 0 Å². The second-order valence-electron chi connectivity index (χ2n) is 6.54. The molecule has 0 bridgehead atoms. The van der Waals surface area contributed by atoms with E-state index in [9.17, 15) is 0 Å². The largest absolute Gasteiger partial charge is 0.497 e. The molecule has 0 amide bonds. The third-order valence-corrected chi connectivity index (χ3v) is 5.35. The van der Waals surface area contributed by atoms with Gasteiger partial charge in [0.15, 0.2) is 6.23 Å². The fourth-order valence-corrected chi connectivity index (χ4v) is 4.14. The Balaban J connectivity index is 1.72. The molecule has 2 heterocycles. The average molecular weight is 391 g/mol. The minimum absolute atomic E-state index is 0.0867. The molecule has 4 rings (SSSR count). The molecular formula is C20H20Cl2N2O2. The van der Waals surface area contributed by atoms with E-state index in [2.05, 4.69) is 11.9 Å². The van der Waals surface area contributed by atoms with Crippen LogP contribution in [0.15, 0.2) is 41.5 Å². The summed E-state index contributed by atoms with van der Waals surface area (Å²) in [6.45, 7) is 2.14. The quantitative estimate of drug-likeness (QED) is 0.673. The van der Waals surface area contributed by atoms with Crippen LogP contribution in [0.3, 0.4) is 0 Å². The van der Waals surface area contributed by atoms with Crippen LogP contribution < -0.4 is 9.47 Å². The zero-order valence-corrected chi connectivity index (χ0v) is 16.2. The molecule has 0 fully saturated rings. The highest BCUT2D eigenvalue weighted by atomic mass is 35.5. The molecule has 0 spiro atoms. The van der Waals surface area contributed by atoms with Gasteiger partial charge in [-0.05, 0) is 42.0 Å². The molecule has 2 aromatic rings. The van der Waals surface area contributed by atoms with E-state index in [1.807, 2.05) is 30.3 Å². The van der Waals surface area contributed by atoms with E-state index in [1.165, 1.54) is 0 Å². The van der Waals surface area contributed by atoms with Crippen molar-refractivity contribution in [3.8, 4) is 11.5 Å². The van der Waals surface area contributed by atoms with Gasteiger partial charge < -0.3 is 9.47 Å². The van der Waals surface area contributed by atoms with Gasteiger partial charge in [-0.15, -0.1) is 0 Å². The predicted octanol–water partition coefficient (Wildman–Crippen LogP) is 5.67. The molecule has 136 valence electrons. The van der Waals surface area contributed by atoms with Gasteiger partial charge in [-0.25, -0.2) is 0 Å². The van der Waals surface area contributed by atoms with Gasteiger partial charge in [0, 0.05) is 23.4 Å². The van der Waals surface area contributed by atoms with E-state index in [1.54, 1.807) is 13.2 Å². The lowest BCUT2D eigenvalue weighted by Crippen LogP contribution is -2.40. The van der Waals surface area contributed by atoms with Crippen LogP contribution in [-0.4, -0.2) is 24.1 Å². The number of hydrogen-bond acceptors (Lipinski definition) is 4. The van der Waals surface area contributed by atoms with E-state index in [0.717, 1.165) is 47.6 Å². The molecule has 0 N–H and O–H groups in total. The van der Waals surface area contributed by atoms with Crippen molar-refractivity contribution in [1.82, 2.24) is 5.01 Å². The zero-order chi connectivity index (χ0) is 18.3. The highest BCUT2D eigenvalue weighted by molar-refractivity contribution is 6.35. The second-order valence-corrected chi connectivity index (χ2v) is 7.39. The number of ether oxygens (including phenoxy) is 2. The normalized spacial score (nSPS) is 20.9. The van der Waals surface area contributed by atoms with Crippen molar-refractivity contribution in [2.45, 2.75) is 38.5 Å². The average Bonchev–Trinajstić information content (AvgIpc) is 3.09. The molecule has 2 aromatic carbocycles. The molecule has 0 saturated carbocycles. The van der Waals surface area contributed by atoms with Crippen LogP contribution in [0.2, 0.25) is 10.0 Å². The first kappa shape index (κ1) is 17.5. The summed E-state index contributed by atoms with van der Waals surface area (Å²) in [5.41, 5.74) is 3.12. The van der Waals surface area contributed by atoms with Gasteiger partial charge in [-0.2, -0.15) is 5.10 Å². The van der Waals surface area contributed by atoms with E-state index < -0.39 is 0 Å². The lowest BCUT2D eigenvalue weighted by atomic mass is 9.96. The molecule has 0 aliphatic carbocycles. The predicted molar refractivity (Wildman–Crippen MR) is 105 cm³/mol. The summed E-state index contributed by atoms with van der Waals surface area (Å²) in [5, 5.41) is 8.14. The van der Waals surface area contributed by atoms with Crippen LogP contribution in [0.1, 0.15) is 43.4 Å². The van der Waals surface area contributed by atoms with Gasteiger partial charge in [-0.3, -0.25) is 5.01 Å². The van der Waals surface area contributed by atoms with Crippen molar-refractivity contribution in [3.63, 3.8) is 0 Å². The van der Waals surface area contributed by atoms with Crippen LogP contribution in [0.4, 0.5) is 0 Å². The van der Waals surface area contributed by atoms with Crippen molar-refractivity contribution in [3.05, 3.63) is 57.6 Å². The number of fused-ring (bicyclic) bond motifs is 3. The Bertz CT molecular complexity index is 852. The van der Waals surface area contributed by atoms with E-state index >= 15 is 0 Å². The first-order valence-electron chi connectivity index (χ1n) is 8.76. The van der Waals surface area contributed by atoms with Crippen LogP contribution in [0, 0.1) is 0 Å². The van der Waals surface area contributed by atoms with Crippen LogP contribution in [0.25, 0.3) is 0 Å². The Morgan fingerprint density at radius 2 is 2.00 bits per heavy atom. The number of methoxy groups -OCH3 is 1. The summed E-state index contributed by atoms with van der Waals surface area (Å²) in [5.74, 6) is 1.57. The fraction of sp³-hybridized carbons (Fsp3) is 0.350. The Morgan fingerprint density at radius 1 is 1.23 bits per heavy atom. The molecule has 6 heteroatoms. The number of hydrogen-bond donors (Lipinski definition) is 0. The third kappa shape index (κ3) is 3.01. The van der Waals surface area contributed by atoms with Gasteiger partial charge in [0.2, 0.25) is 0 Å². The van der Waals surface area contributed by atoms with Gasteiger partial charge in [-0.1, -0.05) is 36.5 Å². The Morgan fingerprint density at radius 3 is 2.69 bits per heavy atom. The summed E-state index contributed by atoms with van der Waals surface area (Å²) in [7, 11) is 1.67. The number of hydrazone groups is 1. The number of benzene rings is 2. The first-order valence-corrected chi connectivity index (χ1v) is 9.52. The topological polar surface area (TPSA) is 34.1 Å². The molecule has 0 radical (unpaired) electrons. The second kappa shape index (κ2) is 7.01. The summed E-state index contributed by atoms with van der Waals surface area (Å²) < 4.78 is 11.4. The van der Waals surface area contributed by atoms with Crippen molar-refractivity contribution in [2.75, 3.05) is 7.11 Å². The molecule has 2 atom stereocenters. The molecule has 4 nitrogen and oxygen atoms in total. The molecule has 2 aliphatic heterocycles. The molecule has 2 aliphatic rings. The maximum absolute atomic E-state index is 6.41. The van der Waals surface area contributed by atoms with E-state index in [4.69, 9.17) is 37.8 Å². The minimum atomic E-state index is -0.119. The molecule has 26 heavy (non-hydrogen) atoms. The zero-order valence-electron chi connectivity index (χ0n) is 14.7. The maximum atomic E-state index is 6.41. The Hall–Kier alpha value is -1.91. The van der Waals surface area contributed by atoms with Crippen LogP contribution in [0.5, 0.6) is 11.5 Å². The van der Waals surface area contributed by atoms with Gasteiger partial charge in [0.1, 0.15) is 11.5 Å². The maximum Gasteiger partial charge on any atom is 0.187 e. The van der Waals surface area contributed by atoms with Crippen molar-refractivity contribution in [2.24, 2.45) is 5.10 Å². The van der Waals surface area contributed by atoms with E-state index in [0.29, 0.717) is 10.0 Å². The standard InChI is InChI=1S/C20H20Cl2N2O2/c1-3-4-19-24-18(15-9-13(21)10-16(22)20(15)26-19)11-17(23-24)12-5-7-14(25-2)8-6-12/h5-10,18-19H,3-4,11H2,1-2H3. The highest BCUT2D eigenvalue weighted by Gasteiger charge is 2.40. The molecule has 0 aromatic heterocycles. The number of rotatable bonds is 4. The number of nitrogens with zero attached hydrogens (tertiary/aromatic N) is 2. The van der Waals surface area contributed by atoms with Gasteiger partial charge in [0.05, 0.1) is 23.9 Å². The van der Waals surface area contributed by atoms with Crippen molar-refractivity contribution < 1.29 is 9.47 Å². The van der Waals surface area contributed by atoms with Gasteiger partial charge in [0.25, 0.3) is 0 Å². The third-order valence-electron chi connectivity index (χ3n) is 4.85. The SMILES string of the molecule is CCCC1Oc2c(Cl)cc(Cl)cc2C2CC(c3ccc(OC)cc3)=NN12. The molecular weight excluding hydrogens is 371 g/mol. The molecule has 0 saturated heterocycles. The van der Waals surface area contributed by atoms with Crippen LogP contribution in [-0.2, 0) is 0 Å². The lowest BCUT2D eigenvalue weighted by molar-refractivity contribution is -0.0222. The summed E-state index contributed by atoms with van der Waals surface area (Å²) in [6, 6.07) is 11.8. The smallest absolute Gasteiger partial charge is 0.187 e. The Kier molecular flexibility index (Phi) is 4.72. The van der Waals surface area contributed by atoms with Crippen LogP contribution >= 0.6 is 23.2 Å². The van der Waals surface area contributed by atoms with E-state index in [-0.39, 0.29) is 12.3 Å². The molecule has 2 unspecified atom stereocenters. The summed E-state index contributed by atoms with van der Waals surface area (Å²) >= 11 is 12.7. The van der Waals surface area contributed by atoms with Crippen molar-refractivity contribution in [1.29, 1.82) is 0 Å². The minimum Gasteiger partial charge on any atom is -0.497 e. The monoisotopic (exact) mass is 390 g/mol. The fourth-order valence-electron chi connectivity index (χ4n) is 3.58. The summed E-state index contributed by atoms with van der Waals surface area (Å²) in [6.07, 6.45) is 2.56. The van der Waals surface area contributed by atoms with Crippen molar-refractivity contribution >= 4 is 28.9 Å². The Labute approximate surface area is 163 Å². The highest BCUT2D eigenvalue weighted by Crippen LogP contribution is 2.47. The number of halogens is 2. The lowest BCUT2D eigenvalue weighted by Gasteiger charge is -2.38. The first-order chi connectivity index (χ1) is 12.6.